The molecule has 3 heteroatoms. The van der Waals surface area contributed by atoms with Crippen LogP contribution < -0.4 is 0 Å². The van der Waals surface area contributed by atoms with Gasteiger partial charge in [0, 0.05) is 5.57 Å². The number of rotatable bonds is 10. The van der Waals surface area contributed by atoms with Gasteiger partial charge in [-0.25, -0.2) is 4.79 Å². The molecule has 0 atom stereocenters. The SMILES string of the molecule is CCCCOC(=O)C(C)=C(CCCC)CCCC.[SnH2]. The summed E-state index contributed by atoms with van der Waals surface area (Å²) in [7, 11) is 0. The molecule has 2 radical (unpaired) electrons. The van der Waals surface area contributed by atoms with Gasteiger partial charge < -0.3 is 4.74 Å². The Balaban J connectivity index is 0. The Hall–Kier alpha value is 0.00870. The molecule has 0 aromatic carbocycles. The number of carbonyl (C=O) groups excluding carboxylic acids is 1. The molecule has 19 heavy (non-hydrogen) atoms. The van der Waals surface area contributed by atoms with E-state index in [1.807, 2.05) is 6.92 Å². The van der Waals surface area contributed by atoms with Crippen molar-refractivity contribution in [2.45, 2.75) is 79.1 Å². The topological polar surface area (TPSA) is 26.3 Å². The van der Waals surface area contributed by atoms with E-state index < -0.39 is 0 Å². The monoisotopic (exact) mass is 376 g/mol. The van der Waals surface area contributed by atoms with Crippen molar-refractivity contribution in [1.82, 2.24) is 0 Å². The molecule has 0 bridgehead atoms. The van der Waals surface area contributed by atoms with Crippen molar-refractivity contribution in [3.8, 4) is 0 Å². The summed E-state index contributed by atoms with van der Waals surface area (Å²) in [5.74, 6) is -0.106. The third-order valence-electron chi connectivity index (χ3n) is 3.23. The first kappa shape index (κ1) is 21.3. The summed E-state index contributed by atoms with van der Waals surface area (Å²) in [6, 6.07) is 0. The minimum absolute atomic E-state index is 0. The second-order valence-corrected chi connectivity index (χ2v) is 4.93. The zero-order chi connectivity index (χ0) is 13.8. The third-order valence-corrected chi connectivity index (χ3v) is 3.23. The van der Waals surface area contributed by atoms with Crippen LogP contribution in [-0.4, -0.2) is 36.5 Å². The standard InChI is InChI=1S/C16H30O2.Sn.2H/c1-5-8-11-15(12-9-6-2)14(4)16(17)18-13-10-7-3;;;/h5-13H2,1-4H3;;;. The van der Waals surface area contributed by atoms with Crippen molar-refractivity contribution >= 4 is 29.9 Å². The van der Waals surface area contributed by atoms with Crippen molar-refractivity contribution in [3.63, 3.8) is 0 Å². The zero-order valence-corrected chi connectivity index (χ0v) is 17.4. The molecule has 2 nitrogen and oxygen atoms in total. The molecule has 0 saturated heterocycles. The van der Waals surface area contributed by atoms with Crippen molar-refractivity contribution in [1.29, 1.82) is 0 Å². The van der Waals surface area contributed by atoms with Gasteiger partial charge in [0.2, 0.25) is 0 Å². The fourth-order valence-electron chi connectivity index (χ4n) is 1.84. The molecule has 112 valence electrons. The molecule has 0 fully saturated rings. The van der Waals surface area contributed by atoms with Crippen molar-refractivity contribution < 1.29 is 9.53 Å². The summed E-state index contributed by atoms with van der Waals surface area (Å²) in [5, 5.41) is 0. The van der Waals surface area contributed by atoms with Gasteiger partial charge in [-0.2, -0.15) is 0 Å². The van der Waals surface area contributed by atoms with E-state index in [0.29, 0.717) is 6.61 Å². The number of carbonyl (C=O) groups is 1. The molecule has 0 heterocycles. The van der Waals surface area contributed by atoms with Gasteiger partial charge in [0.1, 0.15) is 0 Å². The molecule has 0 aliphatic rings. The van der Waals surface area contributed by atoms with Gasteiger partial charge in [-0.1, -0.05) is 45.6 Å². The summed E-state index contributed by atoms with van der Waals surface area (Å²) in [6.45, 7) is 8.96. The third kappa shape index (κ3) is 10.5. The number of allylic oxidation sites excluding steroid dienone is 1. The van der Waals surface area contributed by atoms with Crippen molar-refractivity contribution in [2.24, 2.45) is 0 Å². The van der Waals surface area contributed by atoms with Gasteiger partial charge >= 0.3 is 29.9 Å². The van der Waals surface area contributed by atoms with E-state index >= 15 is 0 Å². The van der Waals surface area contributed by atoms with Crippen LogP contribution in [0.3, 0.4) is 0 Å². The first-order chi connectivity index (χ1) is 8.67. The van der Waals surface area contributed by atoms with Crippen LogP contribution in [0.4, 0.5) is 0 Å². The van der Waals surface area contributed by atoms with Crippen LogP contribution in [0.25, 0.3) is 0 Å². The Labute approximate surface area is 136 Å². The van der Waals surface area contributed by atoms with E-state index in [0.717, 1.165) is 31.3 Å². The van der Waals surface area contributed by atoms with Crippen LogP contribution in [-0.2, 0) is 9.53 Å². The first-order valence-corrected chi connectivity index (χ1v) is 7.53. The Morgan fingerprint density at radius 1 is 0.895 bits per heavy atom. The molecule has 0 spiro atoms. The molecular formula is C16H32O2Sn. The number of esters is 1. The number of ether oxygens (including phenoxy) is 1. The van der Waals surface area contributed by atoms with Crippen LogP contribution in [0.5, 0.6) is 0 Å². The maximum atomic E-state index is 11.9. The first-order valence-electron chi connectivity index (χ1n) is 7.53. The fourth-order valence-corrected chi connectivity index (χ4v) is 1.84. The quantitative estimate of drug-likeness (QED) is 0.249. The Kier molecular flexibility index (Phi) is 16.2. The Morgan fingerprint density at radius 3 is 1.79 bits per heavy atom. The molecule has 0 rings (SSSR count). The van der Waals surface area contributed by atoms with E-state index in [1.165, 1.54) is 31.3 Å². The van der Waals surface area contributed by atoms with Gasteiger partial charge in [-0.05, 0) is 39.0 Å². The number of hydrogen-bond acceptors (Lipinski definition) is 2. The second-order valence-electron chi connectivity index (χ2n) is 4.93. The molecule has 0 N–H and O–H groups in total. The van der Waals surface area contributed by atoms with Gasteiger partial charge in [-0.3, -0.25) is 0 Å². The van der Waals surface area contributed by atoms with Crippen molar-refractivity contribution in [3.05, 3.63) is 11.1 Å². The zero-order valence-electron chi connectivity index (χ0n) is 13.4. The maximum absolute atomic E-state index is 11.9. The normalized spacial score (nSPS) is 9.68. The molecule has 0 unspecified atom stereocenters. The van der Waals surface area contributed by atoms with E-state index in [4.69, 9.17) is 4.74 Å². The van der Waals surface area contributed by atoms with Gasteiger partial charge in [0.05, 0.1) is 6.61 Å². The predicted molar refractivity (Wildman–Crippen MR) is 86.2 cm³/mol. The van der Waals surface area contributed by atoms with E-state index in [1.54, 1.807) is 0 Å². The predicted octanol–water partition coefficient (Wildman–Crippen LogP) is 4.11. The number of unbranched alkanes of at least 4 members (excludes halogenated alkanes) is 3. The Morgan fingerprint density at radius 2 is 1.37 bits per heavy atom. The Bertz CT molecular complexity index is 249. The van der Waals surface area contributed by atoms with E-state index in [-0.39, 0.29) is 29.9 Å². The molecule has 0 amide bonds. The summed E-state index contributed by atoms with van der Waals surface area (Å²) >= 11 is 0. The summed E-state index contributed by atoms with van der Waals surface area (Å²) in [4.78, 5) is 11.9. The van der Waals surface area contributed by atoms with E-state index in [9.17, 15) is 4.79 Å². The van der Waals surface area contributed by atoms with Gasteiger partial charge in [-0.15, -0.1) is 0 Å². The van der Waals surface area contributed by atoms with Gasteiger partial charge in [0.15, 0.2) is 0 Å². The summed E-state index contributed by atoms with van der Waals surface area (Å²) < 4.78 is 5.29. The van der Waals surface area contributed by atoms with Gasteiger partial charge in [0.25, 0.3) is 0 Å². The molecule has 0 aliphatic heterocycles. The van der Waals surface area contributed by atoms with Crippen LogP contribution in [0.1, 0.15) is 79.1 Å². The molecule has 0 aromatic heterocycles. The molecule has 0 aliphatic carbocycles. The summed E-state index contributed by atoms with van der Waals surface area (Å²) in [6.07, 6.45) is 8.79. The second kappa shape index (κ2) is 14.4. The molecule has 0 aromatic rings. The van der Waals surface area contributed by atoms with Crippen molar-refractivity contribution in [2.75, 3.05) is 6.61 Å². The average Bonchev–Trinajstić information content (AvgIpc) is 2.38. The minimum atomic E-state index is -0.106. The average molecular weight is 375 g/mol. The number of hydrogen-bond donors (Lipinski definition) is 0. The summed E-state index contributed by atoms with van der Waals surface area (Å²) in [5.41, 5.74) is 2.16. The van der Waals surface area contributed by atoms with Crippen LogP contribution >= 0.6 is 0 Å². The van der Waals surface area contributed by atoms with E-state index in [2.05, 4.69) is 20.8 Å². The molecule has 0 saturated carbocycles. The molecular weight excluding hydrogens is 343 g/mol. The van der Waals surface area contributed by atoms with Crippen LogP contribution in [0, 0.1) is 0 Å². The fraction of sp³-hybridized carbons (Fsp3) is 0.812. The van der Waals surface area contributed by atoms with Crippen LogP contribution in [0.15, 0.2) is 11.1 Å². The van der Waals surface area contributed by atoms with Crippen LogP contribution in [0.2, 0.25) is 0 Å².